The molecule has 0 amide bonds. The van der Waals surface area contributed by atoms with Crippen molar-refractivity contribution in [3.63, 3.8) is 0 Å². The minimum absolute atomic E-state index is 0. The maximum atomic E-state index is 11.0. The van der Waals surface area contributed by atoms with Crippen LogP contribution in [0.2, 0.25) is 0 Å². The molecule has 0 saturated carbocycles. The van der Waals surface area contributed by atoms with Crippen molar-refractivity contribution >= 4 is 26.5 Å². The van der Waals surface area contributed by atoms with E-state index in [-0.39, 0.29) is 41.7 Å². The standard InChI is InChI=1S/C15H23NO3S2.Na/c1-11-5-6-13-12(2)10-15(3,4)16(14(13)9-11)7-8-19-21(17,18)20;/h5-6,9,12H,7-8,10H2,1-4H3,(H,17,18,20);/q;+1/p-1/t12-;/m0./s1. The van der Waals surface area contributed by atoms with Crippen molar-refractivity contribution in [2.24, 2.45) is 0 Å². The summed E-state index contributed by atoms with van der Waals surface area (Å²) in [5.74, 6) is 0.482. The molecule has 2 rings (SSSR count). The monoisotopic (exact) mass is 351 g/mol. The zero-order chi connectivity index (χ0) is 15.8. The summed E-state index contributed by atoms with van der Waals surface area (Å²) in [5.41, 5.74) is 3.63. The molecule has 1 atom stereocenters. The van der Waals surface area contributed by atoms with Crippen LogP contribution in [0.25, 0.3) is 0 Å². The van der Waals surface area contributed by atoms with Crippen LogP contribution in [0.1, 0.15) is 44.2 Å². The van der Waals surface area contributed by atoms with Crippen LogP contribution in [0.5, 0.6) is 0 Å². The predicted molar refractivity (Wildman–Crippen MR) is 87.9 cm³/mol. The minimum Gasteiger partial charge on any atom is -0.619 e. The molecular weight excluding hydrogens is 329 g/mol. The van der Waals surface area contributed by atoms with Crippen LogP contribution >= 0.6 is 0 Å². The van der Waals surface area contributed by atoms with Crippen LogP contribution in [0.15, 0.2) is 18.2 Å². The zero-order valence-corrected chi connectivity index (χ0v) is 17.6. The van der Waals surface area contributed by atoms with Crippen LogP contribution in [-0.2, 0) is 25.0 Å². The number of fused-ring (bicyclic) bond motifs is 1. The van der Waals surface area contributed by atoms with Gasteiger partial charge in [0.15, 0.2) is 0 Å². The van der Waals surface area contributed by atoms with Crippen molar-refractivity contribution in [3.05, 3.63) is 29.3 Å². The summed E-state index contributed by atoms with van der Waals surface area (Å²) < 4.78 is 26.7. The fourth-order valence-electron chi connectivity index (χ4n) is 3.25. The van der Waals surface area contributed by atoms with Crippen LogP contribution in [0.3, 0.4) is 0 Å². The summed E-state index contributed by atoms with van der Waals surface area (Å²) in [6.07, 6.45) is 1.02. The van der Waals surface area contributed by atoms with Crippen LogP contribution in [0, 0.1) is 6.92 Å². The number of benzene rings is 1. The van der Waals surface area contributed by atoms with Gasteiger partial charge in [0.1, 0.15) is 9.15 Å². The molecule has 4 nitrogen and oxygen atoms in total. The minimum atomic E-state index is -3.80. The molecule has 118 valence electrons. The van der Waals surface area contributed by atoms with Crippen molar-refractivity contribution in [2.75, 3.05) is 18.1 Å². The van der Waals surface area contributed by atoms with Gasteiger partial charge in [0.05, 0.1) is 6.61 Å². The van der Waals surface area contributed by atoms with E-state index in [0.717, 1.165) is 6.42 Å². The number of aryl methyl sites for hydroxylation is 1. The molecular formula is C15H22NNaO3S2. The van der Waals surface area contributed by atoms with E-state index >= 15 is 0 Å². The maximum Gasteiger partial charge on any atom is 1.00 e. The van der Waals surface area contributed by atoms with E-state index in [4.69, 9.17) is 4.18 Å². The van der Waals surface area contributed by atoms with Gasteiger partial charge in [-0.25, -0.2) is 8.42 Å². The Labute approximate surface area is 160 Å². The van der Waals surface area contributed by atoms with E-state index in [1.165, 1.54) is 16.8 Å². The van der Waals surface area contributed by atoms with Crippen molar-refractivity contribution in [2.45, 2.75) is 45.6 Å². The molecule has 0 N–H and O–H groups in total. The van der Waals surface area contributed by atoms with Crippen molar-refractivity contribution < 1.29 is 42.2 Å². The second-order valence-electron chi connectivity index (χ2n) is 6.36. The van der Waals surface area contributed by atoms with Crippen molar-refractivity contribution in [1.82, 2.24) is 0 Å². The Morgan fingerprint density at radius 2 is 2.05 bits per heavy atom. The van der Waals surface area contributed by atoms with Crippen LogP contribution < -0.4 is 34.5 Å². The first kappa shape index (κ1) is 20.3. The summed E-state index contributed by atoms with van der Waals surface area (Å²) in [7, 11) is -3.80. The molecule has 0 aliphatic carbocycles. The summed E-state index contributed by atoms with van der Waals surface area (Å²) in [6.45, 7) is 9.24. The van der Waals surface area contributed by atoms with E-state index in [2.05, 4.69) is 62.5 Å². The topological polar surface area (TPSA) is 46.6 Å². The number of nitrogens with zero attached hydrogens (tertiary/aromatic N) is 1. The van der Waals surface area contributed by atoms with E-state index in [9.17, 15) is 8.42 Å². The molecule has 0 fully saturated rings. The summed E-state index contributed by atoms with van der Waals surface area (Å²) in [5, 5.41) is 0. The average molecular weight is 351 g/mol. The summed E-state index contributed by atoms with van der Waals surface area (Å²) in [6, 6.07) is 6.45. The Bertz CT molecular complexity index is 632. The number of hydrogen-bond acceptors (Lipinski definition) is 5. The molecule has 1 heterocycles. The maximum absolute atomic E-state index is 11.0. The van der Waals surface area contributed by atoms with Crippen molar-refractivity contribution in [3.8, 4) is 0 Å². The predicted octanol–water partition coefficient (Wildman–Crippen LogP) is -0.100. The van der Waals surface area contributed by atoms with Gasteiger partial charge in [0, 0.05) is 17.8 Å². The fraction of sp³-hybridized carbons (Fsp3) is 0.600. The van der Waals surface area contributed by atoms with Gasteiger partial charge in [-0.05, 0) is 50.3 Å². The third-order valence-corrected chi connectivity index (χ3v) is 4.83. The summed E-state index contributed by atoms with van der Waals surface area (Å²) in [4.78, 5) is 2.23. The first-order valence-corrected chi connectivity index (χ1v) is 9.42. The van der Waals surface area contributed by atoms with Gasteiger partial charge in [-0.15, -0.1) is 0 Å². The SMILES string of the molecule is Cc1ccc2c(c1)N(CCOS(=O)(=O)[S-])C(C)(C)C[C@@H]2C.[Na+]. The third-order valence-electron chi connectivity index (χ3n) is 4.09. The second kappa shape index (κ2) is 7.45. The largest absolute Gasteiger partial charge is 1.00 e. The average Bonchev–Trinajstić information content (AvgIpc) is 2.30. The molecule has 1 aromatic rings. The quantitative estimate of drug-likeness (QED) is 0.431. The van der Waals surface area contributed by atoms with E-state index in [0.29, 0.717) is 12.5 Å². The van der Waals surface area contributed by atoms with Gasteiger partial charge >= 0.3 is 29.6 Å². The fourth-order valence-corrected chi connectivity index (χ4v) is 3.74. The molecule has 0 radical (unpaired) electrons. The van der Waals surface area contributed by atoms with Gasteiger partial charge < -0.3 is 16.6 Å². The molecule has 1 aliphatic heterocycles. The second-order valence-corrected chi connectivity index (χ2v) is 8.64. The molecule has 0 saturated heterocycles. The molecule has 7 heteroatoms. The van der Waals surface area contributed by atoms with Gasteiger partial charge in [-0.2, -0.15) is 0 Å². The summed E-state index contributed by atoms with van der Waals surface area (Å²) >= 11 is 4.26. The molecule has 1 aliphatic rings. The van der Waals surface area contributed by atoms with Crippen LogP contribution in [-0.4, -0.2) is 27.1 Å². The Kier molecular flexibility index (Phi) is 6.88. The van der Waals surface area contributed by atoms with E-state index in [1.807, 2.05) is 0 Å². The van der Waals surface area contributed by atoms with Gasteiger partial charge in [0.25, 0.3) is 0 Å². The Balaban J connectivity index is 0.00000242. The molecule has 0 unspecified atom stereocenters. The molecule has 0 aromatic heterocycles. The van der Waals surface area contributed by atoms with Gasteiger partial charge in [-0.3, -0.25) is 4.18 Å². The zero-order valence-electron chi connectivity index (χ0n) is 13.9. The first-order valence-electron chi connectivity index (χ1n) is 7.08. The Morgan fingerprint density at radius 1 is 1.41 bits per heavy atom. The van der Waals surface area contributed by atoms with Gasteiger partial charge in [0.2, 0.25) is 0 Å². The number of rotatable bonds is 4. The molecule has 0 spiro atoms. The smallest absolute Gasteiger partial charge is 0.619 e. The van der Waals surface area contributed by atoms with Gasteiger partial charge in [-0.1, -0.05) is 19.1 Å². The molecule has 1 aromatic carbocycles. The first-order chi connectivity index (χ1) is 9.60. The van der Waals surface area contributed by atoms with E-state index < -0.39 is 9.15 Å². The number of hydrogen-bond donors (Lipinski definition) is 0. The van der Waals surface area contributed by atoms with Crippen molar-refractivity contribution in [1.29, 1.82) is 0 Å². The molecule has 0 bridgehead atoms. The molecule has 22 heavy (non-hydrogen) atoms. The Hall–Kier alpha value is 0.280. The third kappa shape index (κ3) is 4.89. The Morgan fingerprint density at radius 3 is 2.64 bits per heavy atom. The van der Waals surface area contributed by atoms with E-state index in [1.54, 1.807) is 0 Å². The normalized spacial score (nSPS) is 20.2. The van der Waals surface area contributed by atoms with Crippen LogP contribution in [0.4, 0.5) is 5.69 Å². The number of anilines is 1.